The molecule has 1 atom stereocenters. The van der Waals surface area contributed by atoms with Crippen molar-refractivity contribution in [1.29, 1.82) is 5.26 Å². The maximum Gasteiger partial charge on any atom is 0.344 e. The van der Waals surface area contributed by atoms with Crippen LogP contribution in [0, 0.1) is 11.3 Å². The molecule has 0 aromatic heterocycles. The fourth-order valence-electron chi connectivity index (χ4n) is 2.86. The Morgan fingerprint density at radius 3 is 2.67 bits per heavy atom. The van der Waals surface area contributed by atoms with E-state index in [1.165, 1.54) is 4.90 Å². The first-order valence-corrected chi connectivity index (χ1v) is 10.5. The van der Waals surface area contributed by atoms with E-state index in [0.717, 1.165) is 0 Å². The van der Waals surface area contributed by atoms with Crippen molar-refractivity contribution in [3.63, 3.8) is 0 Å². The molecule has 1 aromatic carbocycles. The second-order valence-electron chi connectivity index (χ2n) is 6.20. The summed E-state index contributed by atoms with van der Waals surface area (Å²) in [5.74, 6) is -0.902. The first kappa shape index (κ1) is 20.7. The van der Waals surface area contributed by atoms with Crippen molar-refractivity contribution in [3.8, 4) is 11.8 Å². The molecule has 0 spiro atoms. The first-order valence-electron chi connectivity index (χ1n) is 8.63. The van der Waals surface area contributed by atoms with Crippen molar-refractivity contribution in [2.45, 2.75) is 25.8 Å². The molecule has 2 rings (SSSR count). The van der Waals surface area contributed by atoms with Gasteiger partial charge in [0.25, 0.3) is 5.91 Å². The number of hydrogen-bond donors (Lipinski definition) is 0. The lowest BCUT2D eigenvalue weighted by Gasteiger charge is -2.27. The van der Waals surface area contributed by atoms with Crippen molar-refractivity contribution >= 4 is 21.7 Å². The maximum absolute atomic E-state index is 12.4. The van der Waals surface area contributed by atoms with E-state index in [4.69, 9.17) is 14.7 Å². The number of sulfone groups is 1. The first-order chi connectivity index (χ1) is 12.9. The minimum Gasteiger partial charge on any atom is -0.481 e. The molecule has 1 amide bonds. The van der Waals surface area contributed by atoms with E-state index in [1.807, 2.05) is 13.0 Å². The number of esters is 1. The van der Waals surface area contributed by atoms with Crippen LogP contribution in [0.4, 0.5) is 0 Å². The number of ether oxygens (including phenoxy) is 2. The molecule has 1 saturated heterocycles. The monoisotopic (exact) mass is 394 g/mol. The number of amides is 1. The molecule has 1 aliphatic rings. The fourth-order valence-corrected chi connectivity index (χ4v) is 4.59. The van der Waals surface area contributed by atoms with Crippen molar-refractivity contribution in [2.75, 3.05) is 31.3 Å². The highest BCUT2D eigenvalue weighted by Crippen LogP contribution is 2.19. The predicted octanol–water partition coefficient (Wildman–Crippen LogP) is 0.906. The number of rotatable bonds is 8. The summed E-state index contributed by atoms with van der Waals surface area (Å²) in [4.78, 5) is 25.7. The van der Waals surface area contributed by atoms with Gasteiger partial charge in [-0.25, -0.2) is 13.2 Å². The minimum atomic E-state index is -3.12. The van der Waals surface area contributed by atoms with Crippen LogP contribution >= 0.6 is 0 Å². The Labute approximate surface area is 158 Å². The standard InChI is InChI=1S/C18H22N2O6S/c1-2-8-20(15-7-9-27(23,24)13-15)17(21)11-26-18(22)12-25-16-6-4-3-5-14(16)10-19/h3-6,15H,2,7-9,11-13H2,1H3/t15-/m0/s1. The van der Waals surface area contributed by atoms with Crippen LogP contribution < -0.4 is 4.74 Å². The third kappa shape index (κ3) is 5.96. The van der Waals surface area contributed by atoms with Crippen LogP contribution in [0.3, 0.4) is 0 Å². The second kappa shape index (κ2) is 9.37. The Kier molecular flexibility index (Phi) is 7.19. The highest BCUT2D eigenvalue weighted by Gasteiger charge is 2.34. The number of nitriles is 1. The third-order valence-electron chi connectivity index (χ3n) is 4.14. The summed E-state index contributed by atoms with van der Waals surface area (Å²) in [6.45, 7) is 1.38. The number of carbonyl (C=O) groups excluding carboxylic acids is 2. The van der Waals surface area contributed by atoms with E-state index < -0.39 is 34.9 Å². The van der Waals surface area contributed by atoms with Gasteiger partial charge in [0.05, 0.1) is 17.1 Å². The quantitative estimate of drug-likeness (QED) is 0.602. The molecule has 146 valence electrons. The van der Waals surface area contributed by atoms with Crippen LogP contribution in [-0.2, 0) is 24.2 Å². The number of para-hydroxylation sites is 1. The van der Waals surface area contributed by atoms with Gasteiger partial charge in [0.1, 0.15) is 11.8 Å². The highest BCUT2D eigenvalue weighted by molar-refractivity contribution is 7.91. The summed E-state index contributed by atoms with van der Waals surface area (Å²) in [6, 6.07) is 8.03. The van der Waals surface area contributed by atoms with Gasteiger partial charge in [0.15, 0.2) is 23.1 Å². The van der Waals surface area contributed by atoms with Gasteiger partial charge in [-0.1, -0.05) is 19.1 Å². The molecule has 1 heterocycles. The Morgan fingerprint density at radius 2 is 2.04 bits per heavy atom. The topological polar surface area (TPSA) is 114 Å². The minimum absolute atomic E-state index is 0.0548. The van der Waals surface area contributed by atoms with E-state index in [9.17, 15) is 18.0 Å². The lowest BCUT2D eigenvalue weighted by molar-refractivity contribution is -0.154. The number of hydrogen-bond acceptors (Lipinski definition) is 7. The molecule has 0 radical (unpaired) electrons. The van der Waals surface area contributed by atoms with Crippen molar-refractivity contribution in [1.82, 2.24) is 4.90 Å². The van der Waals surface area contributed by atoms with Crippen molar-refractivity contribution < 1.29 is 27.5 Å². The lowest BCUT2D eigenvalue weighted by Crippen LogP contribution is -2.44. The molecule has 0 bridgehead atoms. The van der Waals surface area contributed by atoms with Crippen LogP contribution in [0.2, 0.25) is 0 Å². The SMILES string of the molecule is CCCN(C(=O)COC(=O)COc1ccccc1C#N)[C@H]1CCS(=O)(=O)C1. The zero-order valence-corrected chi connectivity index (χ0v) is 15.9. The Hall–Kier alpha value is -2.60. The van der Waals surface area contributed by atoms with Crippen molar-refractivity contribution in [3.05, 3.63) is 29.8 Å². The van der Waals surface area contributed by atoms with E-state index in [1.54, 1.807) is 24.3 Å². The molecule has 0 aliphatic carbocycles. The van der Waals surface area contributed by atoms with Gasteiger partial charge >= 0.3 is 5.97 Å². The number of nitrogens with zero attached hydrogens (tertiary/aromatic N) is 2. The van der Waals surface area contributed by atoms with Crippen molar-refractivity contribution in [2.24, 2.45) is 0 Å². The summed E-state index contributed by atoms with van der Waals surface area (Å²) in [6.07, 6.45) is 1.07. The number of carbonyl (C=O) groups is 2. The van der Waals surface area contributed by atoms with Crippen LogP contribution in [0.5, 0.6) is 5.75 Å². The van der Waals surface area contributed by atoms with E-state index in [2.05, 4.69) is 0 Å². The van der Waals surface area contributed by atoms with Gasteiger partial charge in [-0.3, -0.25) is 4.79 Å². The van der Waals surface area contributed by atoms with Gasteiger partial charge in [-0.2, -0.15) is 5.26 Å². The van der Waals surface area contributed by atoms with E-state index in [-0.39, 0.29) is 28.9 Å². The van der Waals surface area contributed by atoms with Gasteiger partial charge in [-0.05, 0) is 25.0 Å². The van der Waals surface area contributed by atoms with Gasteiger partial charge < -0.3 is 14.4 Å². The molecule has 0 saturated carbocycles. The van der Waals surface area contributed by atoms with Gasteiger partial charge in [-0.15, -0.1) is 0 Å². The van der Waals surface area contributed by atoms with Gasteiger partial charge in [0, 0.05) is 12.6 Å². The molecule has 1 aliphatic heterocycles. The molecule has 8 nitrogen and oxygen atoms in total. The van der Waals surface area contributed by atoms with E-state index >= 15 is 0 Å². The average Bonchev–Trinajstić information content (AvgIpc) is 3.02. The molecular weight excluding hydrogens is 372 g/mol. The second-order valence-corrected chi connectivity index (χ2v) is 8.43. The lowest BCUT2D eigenvalue weighted by atomic mass is 10.2. The fraction of sp³-hybridized carbons (Fsp3) is 0.500. The molecular formula is C18H22N2O6S. The number of benzene rings is 1. The molecule has 27 heavy (non-hydrogen) atoms. The van der Waals surface area contributed by atoms with Crippen LogP contribution in [0.15, 0.2) is 24.3 Å². The maximum atomic E-state index is 12.4. The van der Waals surface area contributed by atoms with Crippen LogP contribution in [0.25, 0.3) is 0 Å². The smallest absolute Gasteiger partial charge is 0.344 e. The third-order valence-corrected chi connectivity index (χ3v) is 5.89. The Bertz CT molecular complexity index is 830. The summed E-state index contributed by atoms with van der Waals surface area (Å²) < 4.78 is 33.5. The molecule has 0 N–H and O–H groups in total. The highest BCUT2D eigenvalue weighted by atomic mass is 32.2. The Morgan fingerprint density at radius 1 is 1.30 bits per heavy atom. The normalized spacial score (nSPS) is 17.7. The average molecular weight is 394 g/mol. The molecule has 1 aromatic rings. The zero-order valence-electron chi connectivity index (χ0n) is 15.1. The molecule has 1 fully saturated rings. The van der Waals surface area contributed by atoms with Crippen LogP contribution in [-0.4, -0.2) is 62.5 Å². The zero-order chi connectivity index (χ0) is 19.9. The Balaban J connectivity index is 1.85. The summed E-state index contributed by atoms with van der Waals surface area (Å²) in [5, 5.41) is 8.97. The largest absolute Gasteiger partial charge is 0.481 e. The predicted molar refractivity (Wildman–Crippen MR) is 96.7 cm³/mol. The van der Waals surface area contributed by atoms with Crippen LogP contribution in [0.1, 0.15) is 25.3 Å². The van der Waals surface area contributed by atoms with E-state index in [0.29, 0.717) is 19.4 Å². The van der Waals surface area contributed by atoms with Gasteiger partial charge in [0.2, 0.25) is 0 Å². The summed E-state index contributed by atoms with van der Waals surface area (Å²) >= 11 is 0. The molecule has 0 unspecified atom stereocenters. The summed E-state index contributed by atoms with van der Waals surface area (Å²) in [5.41, 5.74) is 0.290. The molecule has 9 heteroatoms. The summed E-state index contributed by atoms with van der Waals surface area (Å²) in [7, 11) is -3.12.